The summed E-state index contributed by atoms with van der Waals surface area (Å²) in [6.45, 7) is 0. The van der Waals surface area contributed by atoms with Crippen LogP contribution in [0.2, 0.25) is 0 Å². The van der Waals surface area contributed by atoms with Gasteiger partial charge in [0, 0.05) is 23.4 Å². The third-order valence-corrected chi connectivity index (χ3v) is 5.16. The van der Waals surface area contributed by atoms with E-state index in [0.29, 0.717) is 10.8 Å². The first-order valence-electron chi connectivity index (χ1n) is 7.61. The number of halogens is 1. The Morgan fingerprint density at radius 3 is 2.37 bits per heavy atom. The van der Waals surface area contributed by atoms with Gasteiger partial charge in [-0.1, -0.05) is 0 Å². The first kappa shape index (κ1) is 17.4. The van der Waals surface area contributed by atoms with Crippen LogP contribution in [0.25, 0.3) is 5.69 Å². The fraction of sp³-hybridized carbons (Fsp3) is 0. The number of fused-ring (bicyclic) bond motifs is 1. The van der Waals surface area contributed by atoms with Crippen LogP contribution in [0.3, 0.4) is 0 Å². The number of nitrogens with one attached hydrogen (secondary N) is 1. The van der Waals surface area contributed by atoms with Crippen LogP contribution in [0.15, 0.2) is 62.0 Å². The number of amides is 2. The molecule has 1 aromatic carbocycles. The van der Waals surface area contributed by atoms with Crippen molar-refractivity contribution in [1.29, 1.82) is 0 Å². The smallest absolute Gasteiger partial charge is 0.262 e. The summed E-state index contributed by atoms with van der Waals surface area (Å²) in [5.41, 5.74) is 6.02. The number of anilines is 1. The second-order valence-electron chi connectivity index (χ2n) is 5.55. The number of nitrogens with zero attached hydrogens (tertiary/aromatic N) is 3. The van der Waals surface area contributed by atoms with E-state index >= 15 is 0 Å². The largest absolute Gasteiger partial charge is 0.384 e. The van der Waals surface area contributed by atoms with Gasteiger partial charge in [-0.05, 0) is 52.0 Å². The zero-order valence-corrected chi connectivity index (χ0v) is 15.9. The molecule has 0 aliphatic carbocycles. The fourth-order valence-electron chi connectivity index (χ4n) is 2.67. The summed E-state index contributed by atoms with van der Waals surface area (Å²) in [6.07, 6.45) is 3.31. The second-order valence-corrected chi connectivity index (χ2v) is 7.51. The minimum absolute atomic E-state index is 0.00156. The van der Waals surface area contributed by atoms with Crippen LogP contribution < -0.4 is 16.6 Å². The zero-order chi connectivity index (χ0) is 19.1. The van der Waals surface area contributed by atoms with Gasteiger partial charge < -0.3 is 5.73 Å². The first-order valence-corrected chi connectivity index (χ1v) is 9.22. The van der Waals surface area contributed by atoms with Crippen molar-refractivity contribution in [3.63, 3.8) is 0 Å². The van der Waals surface area contributed by atoms with Crippen molar-refractivity contribution in [1.82, 2.24) is 19.9 Å². The number of hydrogen-bond acceptors (Lipinski definition) is 7. The molecule has 134 valence electrons. The molecule has 2 amide bonds. The lowest BCUT2D eigenvalue weighted by molar-refractivity contribution is 0.0880. The van der Waals surface area contributed by atoms with Crippen LogP contribution in [0.5, 0.6) is 0 Å². The molecule has 3 aromatic rings. The van der Waals surface area contributed by atoms with Crippen molar-refractivity contribution in [2.45, 2.75) is 10.1 Å². The summed E-state index contributed by atoms with van der Waals surface area (Å²) in [4.78, 5) is 45.3. The van der Waals surface area contributed by atoms with Crippen molar-refractivity contribution in [3.05, 3.63) is 68.7 Å². The fourth-order valence-corrected chi connectivity index (χ4v) is 3.57. The molecule has 1 aliphatic heterocycles. The Balaban J connectivity index is 1.70. The lowest BCUT2D eigenvalue weighted by Crippen LogP contribution is -2.24. The molecule has 10 heteroatoms. The topological polar surface area (TPSA) is 120 Å². The van der Waals surface area contributed by atoms with Gasteiger partial charge in [0.05, 0.1) is 21.3 Å². The van der Waals surface area contributed by atoms with Crippen molar-refractivity contribution < 1.29 is 9.59 Å². The predicted octanol–water partition coefficient (Wildman–Crippen LogP) is 2.01. The molecule has 27 heavy (non-hydrogen) atoms. The van der Waals surface area contributed by atoms with Gasteiger partial charge in [0.2, 0.25) is 0 Å². The monoisotopic (exact) mass is 443 g/mol. The average Bonchev–Trinajstić information content (AvgIpc) is 2.92. The molecule has 0 unspecified atom stereocenters. The maximum Gasteiger partial charge on any atom is 0.262 e. The van der Waals surface area contributed by atoms with Crippen LogP contribution in [-0.4, -0.2) is 26.3 Å². The maximum atomic E-state index is 12.4. The number of imide groups is 1. The third kappa shape index (κ3) is 3.13. The van der Waals surface area contributed by atoms with E-state index in [9.17, 15) is 14.4 Å². The van der Waals surface area contributed by atoms with Gasteiger partial charge in [-0.3, -0.25) is 24.3 Å². The molecule has 3 N–H and O–H groups in total. The summed E-state index contributed by atoms with van der Waals surface area (Å²) in [5, 5.41) is 2.72. The summed E-state index contributed by atoms with van der Waals surface area (Å²) >= 11 is 4.64. The van der Waals surface area contributed by atoms with Gasteiger partial charge in [-0.25, -0.2) is 9.97 Å². The summed E-state index contributed by atoms with van der Waals surface area (Å²) in [6, 6.07) is 8.08. The first-order chi connectivity index (χ1) is 12.9. The van der Waals surface area contributed by atoms with Crippen LogP contribution in [-0.2, 0) is 0 Å². The Morgan fingerprint density at radius 1 is 1.04 bits per heavy atom. The number of benzene rings is 1. The highest BCUT2D eigenvalue weighted by atomic mass is 79.9. The van der Waals surface area contributed by atoms with Crippen molar-refractivity contribution in [3.8, 4) is 5.69 Å². The Kier molecular flexibility index (Phi) is 4.28. The molecule has 0 saturated heterocycles. The van der Waals surface area contributed by atoms with E-state index in [1.807, 2.05) is 0 Å². The number of hydrogen-bond donors (Lipinski definition) is 2. The summed E-state index contributed by atoms with van der Waals surface area (Å²) < 4.78 is 1.98. The molecule has 0 bridgehead atoms. The summed E-state index contributed by atoms with van der Waals surface area (Å²) in [5.74, 6) is -1.30. The summed E-state index contributed by atoms with van der Waals surface area (Å²) in [7, 11) is 0. The van der Waals surface area contributed by atoms with Crippen LogP contribution in [0.1, 0.15) is 20.7 Å². The highest BCUT2D eigenvalue weighted by Gasteiger charge is 2.31. The molecule has 0 atom stereocenters. The number of pyridine rings is 1. The number of rotatable bonds is 3. The number of nitrogen functional groups attached to an aromatic ring is 1. The van der Waals surface area contributed by atoms with E-state index < -0.39 is 17.4 Å². The third-order valence-electron chi connectivity index (χ3n) is 3.85. The molecular formula is C17H10BrN5O3S. The lowest BCUT2D eigenvalue weighted by Gasteiger charge is -2.12. The number of carbonyl (C=O) groups excluding carboxylic acids is 2. The molecule has 0 spiro atoms. The normalized spacial score (nSPS) is 12.8. The van der Waals surface area contributed by atoms with E-state index in [1.165, 1.54) is 16.3 Å². The number of nitrogens with two attached hydrogens (primary N) is 1. The minimum Gasteiger partial charge on any atom is -0.384 e. The molecule has 2 aromatic heterocycles. The van der Waals surface area contributed by atoms with Gasteiger partial charge in [0.15, 0.2) is 5.16 Å². The van der Waals surface area contributed by atoms with Gasteiger partial charge in [-0.2, -0.15) is 0 Å². The molecular weight excluding hydrogens is 434 g/mol. The van der Waals surface area contributed by atoms with Crippen molar-refractivity contribution in [2.75, 3.05) is 5.73 Å². The van der Waals surface area contributed by atoms with Crippen molar-refractivity contribution >= 4 is 45.3 Å². The molecule has 8 nitrogen and oxygen atoms in total. The molecule has 0 radical (unpaired) electrons. The highest BCUT2D eigenvalue weighted by molar-refractivity contribution is 9.10. The molecule has 1 aliphatic rings. The standard InChI is InChI=1S/C17H10BrN5O3S/c18-8-6-20-17(21-7-8)27-10-3-1-9(2-4-10)23-12(24)5-11-13(14(23)19)16(26)22-15(11)25/h1-7H,19H2,(H,22,25,26). The van der Waals surface area contributed by atoms with Crippen LogP contribution in [0.4, 0.5) is 5.82 Å². The number of aromatic nitrogens is 3. The Morgan fingerprint density at radius 2 is 1.70 bits per heavy atom. The quantitative estimate of drug-likeness (QED) is 0.469. The zero-order valence-electron chi connectivity index (χ0n) is 13.5. The lowest BCUT2D eigenvalue weighted by atomic mass is 10.1. The highest BCUT2D eigenvalue weighted by Crippen LogP contribution is 2.27. The van der Waals surface area contributed by atoms with Gasteiger partial charge in [0.1, 0.15) is 5.82 Å². The van der Waals surface area contributed by atoms with Crippen molar-refractivity contribution in [2.24, 2.45) is 0 Å². The molecule has 3 heterocycles. The van der Waals surface area contributed by atoms with Crippen LogP contribution >= 0.6 is 27.7 Å². The maximum absolute atomic E-state index is 12.4. The Labute approximate surface area is 165 Å². The van der Waals surface area contributed by atoms with E-state index in [-0.39, 0.29) is 16.9 Å². The molecule has 0 saturated carbocycles. The Bertz CT molecular complexity index is 1140. The molecule has 4 rings (SSSR count). The van der Waals surface area contributed by atoms with Gasteiger partial charge >= 0.3 is 0 Å². The predicted molar refractivity (Wildman–Crippen MR) is 102 cm³/mol. The van der Waals surface area contributed by atoms with E-state index in [1.54, 1.807) is 36.7 Å². The minimum atomic E-state index is -0.618. The van der Waals surface area contributed by atoms with E-state index in [0.717, 1.165) is 15.4 Å². The van der Waals surface area contributed by atoms with E-state index in [2.05, 4.69) is 31.2 Å². The SMILES string of the molecule is Nc1c2c(cc(=O)n1-c1ccc(Sc3ncc(Br)cn3)cc1)C(=O)NC2=O. The Hall–Kier alpha value is -2.98. The average molecular weight is 444 g/mol. The second kappa shape index (κ2) is 6.63. The van der Waals surface area contributed by atoms with Gasteiger partial charge in [0.25, 0.3) is 17.4 Å². The molecule has 0 fully saturated rings. The van der Waals surface area contributed by atoms with Gasteiger partial charge in [-0.15, -0.1) is 0 Å². The van der Waals surface area contributed by atoms with Crippen LogP contribution in [0, 0.1) is 0 Å². The number of carbonyl (C=O) groups is 2. The van der Waals surface area contributed by atoms with E-state index in [4.69, 9.17) is 5.73 Å².